The molecule has 0 spiro atoms. The van der Waals surface area contributed by atoms with Crippen molar-refractivity contribution < 1.29 is 139 Å². The summed E-state index contributed by atoms with van der Waals surface area (Å²) in [5, 5.41) is 0. The van der Waals surface area contributed by atoms with Gasteiger partial charge < -0.3 is 0 Å². The topological polar surface area (TPSA) is 114 Å². The van der Waals surface area contributed by atoms with Crippen molar-refractivity contribution in [2.75, 3.05) is 0 Å². The summed E-state index contributed by atoms with van der Waals surface area (Å²) < 4.78 is 51.7. The molecule has 10 heavy (non-hydrogen) atoms. The quantitative estimate of drug-likeness (QED) is 0.352. The molecule has 0 aliphatic carbocycles. The molecule has 0 aliphatic rings. The Morgan fingerprint density at radius 2 is 1.20 bits per heavy atom. The predicted molar refractivity (Wildman–Crippen MR) is 2.75 cm³/mol. The summed E-state index contributed by atoms with van der Waals surface area (Å²) in [7, 11) is 0. The maximum absolute atomic E-state index is 8.62. The summed E-state index contributed by atoms with van der Waals surface area (Å²) in [6.07, 6.45) is 0. The number of hydrogen-bond donors (Lipinski definition) is 0. The first-order valence-corrected chi connectivity index (χ1v) is 7.72. The van der Waals surface area contributed by atoms with Crippen LogP contribution in [0.15, 0.2) is 0 Å². The van der Waals surface area contributed by atoms with E-state index in [4.69, 9.17) is 20.2 Å². The van der Waals surface area contributed by atoms with Crippen LogP contribution in [0.5, 0.6) is 0 Å². The van der Waals surface area contributed by atoms with Gasteiger partial charge in [0.05, 0.1) is 0 Å². The van der Waals surface area contributed by atoms with E-state index < -0.39 is 37.6 Å². The molecule has 6 nitrogen and oxygen atoms in total. The second kappa shape index (κ2) is 18.1. The molecule has 0 saturated heterocycles. The molecule has 0 aliphatic heterocycles. The summed E-state index contributed by atoms with van der Waals surface area (Å²) >= 11 is -8.54. The van der Waals surface area contributed by atoms with Gasteiger partial charge in [0.2, 0.25) is 0 Å². The van der Waals surface area contributed by atoms with Gasteiger partial charge in [-0.25, -0.2) is 0 Å². The molecule has 0 atom stereocenters. The van der Waals surface area contributed by atoms with Gasteiger partial charge in [0.1, 0.15) is 0 Å². The third-order valence-electron chi connectivity index (χ3n) is 0. The summed E-state index contributed by atoms with van der Waals surface area (Å²) in [4.78, 5) is 0. The zero-order valence-electron chi connectivity index (χ0n) is 5.34. The molecule has 0 rings (SSSR count). The van der Waals surface area contributed by atoms with Crippen molar-refractivity contribution in [1.82, 2.24) is 0 Å². The van der Waals surface area contributed by atoms with E-state index in [1.807, 2.05) is 0 Å². The first kappa shape index (κ1) is 23.2. The van der Waals surface area contributed by atoms with Gasteiger partial charge in [-0.3, -0.25) is 0 Å². The molecule has 0 saturated carbocycles. The summed E-state index contributed by atoms with van der Waals surface area (Å²) in [6.45, 7) is 0. The molecule has 48 valence electrons. The third kappa shape index (κ3) is 112. The third-order valence-corrected chi connectivity index (χ3v) is 0. The summed E-state index contributed by atoms with van der Waals surface area (Å²) in [5.41, 5.74) is 0. The van der Waals surface area contributed by atoms with E-state index in [1.165, 1.54) is 0 Å². The zero-order chi connectivity index (χ0) is 7.15. The summed E-state index contributed by atoms with van der Waals surface area (Å²) in [5.74, 6) is 0. The minimum atomic E-state index is -4.34. The average Bonchev–Trinajstić information content (AvgIpc) is 1.25. The van der Waals surface area contributed by atoms with E-state index in [-0.39, 0.29) is 80.9 Å². The van der Waals surface area contributed by atoms with Crippen LogP contribution in [0, 0.1) is 0 Å². The van der Waals surface area contributed by atoms with Gasteiger partial charge in [-0.15, -0.1) is 0 Å². The van der Waals surface area contributed by atoms with Crippen molar-refractivity contribution in [2.45, 2.75) is 0 Å². The zero-order valence-corrected chi connectivity index (χ0v) is 15.9. The van der Waals surface area contributed by atoms with Crippen LogP contribution in [0.4, 0.5) is 0 Å². The Bertz CT molecular complexity index is 135. The van der Waals surface area contributed by atoms with E-state index in [1.54, 1.807) is 0 Å². The molecule has 0 unspecified atom stereocenters. The van der Waals surface area contributed by atoms with E-state index in [2.05, 4.69) is 0 Å². The maximum atomic E-state index is 8.62. The second-order valence-electron chi connectivity index (χ2n) is 0.447. The molecule has 0 fully saturated rings. The van der Waals surface area contributed by atoms with Gasteiger partial charge in [-0.1, -0.05) is 0 Å². The average molecular weight is 432 g/mol. The van der Waals surface area contributed by atoms with Crippen molar-refractivity contribution >= 4 is 0 Å². The van der Waals surface area contributed by atoms with Gasteiger partial charge in [0.15, 0.2) is 0 Å². The molecule has 0 bridgehead atoms. The van der Waals surface area contributed by atoms with Crippen LogP contribution in [-0.2, 0) is 50.6 Å². The second-order valence-corrected chi connectivity index (χ2v) is 3.15. The monoisotopic (exact) mass is 432 g/mol. The van der Waals surface area contributed by atoms with E-state index in [9.17, 15) is 0 Å². The van der Waals surface area contributed by atoms with Crippen LogP contribution < -0.4 is 88.2 Å². The van der Waals surface area contributed by atoms with Crippen LogP contribution in [0.1, 0.15) is 0 Å². The van der Waals surface area contributed by atoms with Crippen molar-refractivity contribution in [2.24, 2.45) is 0 Å². The molecular weight excluding hydrogens is 432 g/mol. The van der Waals surface area contributed by atoms with Gasteiger partial charge in [0.25, 0.3) is 0 Å². The van der Waals surface area contributed by atoms with Gasteiger partial charge in [-0.05, 0) is 0 Å². The first-order chi connectivity index (χ1) is 3.46. The predicted octanol–water partition coefficient (Wildman–Crippen LogP) is -8.85. The van der Waals surface area contributed by atoms with Crippen LogP contribution in [0.3, 0.4) is 0 Å². The molecule has 0 heterocycles. The Kier molecular flexibility index (Phi) is 42.1. The van der Waals surface area contributed by atoms with Crippen molar-refractivity contribution in [3.63, 3.8) is 0 Å². The standard InChI is InChI=1S/K.Na.Nb.6O.Ta/q2*+1;;;;;;2*-1;. The van der Waals surface area contributed by atoms with Crippen molar-refractivity contribution in [1.29, 1.82) is 0 Å². The number of rotatable bonds is 0. The van der Waals surface area contributed by atoms with Crippen molar-refractivity contribution in [3.8, 4) is 0 Å². The molecule has 0 radical (unpaired) electrons. The molecule has 0 aromatic heterocycles. The van der Waals surface area contributed by atoms with Gasteiger partial charge in [0, 0.05) is 0 Å². The van der Waals surface area contributed by atoms with Gasteiger partial charge >= 0.3 is 139 Å². The van der Waals surface area contributed by atoms with E-state index >= 15 is 0 Å². The molecule has 0 amide bonds. The van der Waals surface area contributed by atoms with Crippen LogP contribution in [-0.4, -0.2) is 0 Å². The Hall–Kier alpha value is 3.24. The number of hydrogen-bond acceptors (Lipinski definition) is 6. The van der Waals surface area contributed by atoms with Gasteiger partial charge in [-0.2, -0.15) is 0 Å². The van der Waals surface area contributed by atoms with Crippen LogP contribution in [0.2, 0.25) is 0 Å². The normalized spacial score (nSPS) is 5.00. The van der Waals surface area contributed by atoms with E-state index in [0.717, 1.165) is 0 Å². The minimum absolute atomic E-state index is 0. The fraction of sp³-hybridized carbons (Fsp3) is 0. The Morgan fingerprint density at radius 1 is 1.20 bits per heavy atom. The fourth-order valence-electron chi connectivity index (χ4n) is 0. The Labute approximate surface area is 135 Å². The Morgan fingerprint density at radius 3 is 1.20 bits per heavy atom. The van der Waals surface area contributed by atoms with Crippen molar-refractivity contribution in [3.05, 3.63) is 0 Å². The SMILES string of the molecule is [K+].[Na+].[O]=[Nb](=[O])[O-].[O]=[Ta](=[O])[O-]. The first-order valence-electron chi connectivity index (χ1n) is 1.10. The summed E-state index contributed by atoms with van der Waals surface area (Å²) in [6, 6.07) is 0. The molecule has 10 heteroatoms. The molecule has 0 aromatic rings. The van der Waals surface area contributed by atoms with E-state index in [0.29, 0.717) is 0 Å². The van der Waals surface area contributed by atoms with Crippen LogP contribution in [0.25, 0.3) is 0 Å². The molecular formula is KNaNbO6Ta. The Balaban J connectivity index is -0.0000000300. The molecule has 0 aromatic carbocycles. The van der Waals surface area contributed by atoms with Crippen LogP contribution >= 0.6 is 0 Å². The molecule has 0 N–H and O–H groups in total. The fourth-order valence-corrected chi connectivity index (χ4v) is 0.